The lowest BCUT2D eigenvalue weighted by molar-refractivity contribution is 0.330. The average Bonchev–Trinajstić information content (AvgIpc) is 2.84. The highest BCUT2D eigenvalue weighted by atomic mass is 16.5. The van der Waals surface area contributed by atoms with Crippen molar-refractivity contribution in [1.82, 2.24) is 4.98 Å². The van der Waals surface area contributed by atoms with Crippen molar-refractivity contribution in [2.24, 2.45) is 17.6 Å². The monoisotopic (exact) mass is 276 g/mol. The molecule has 1 unspecified atom stereocenters. The molecule has 20 heavy (non-hydrogen) atoms. The molecular weight excluding hydrogens is 252 g/mol. The zero-order valence-corrected chi connectivity index (χ0v) is 12.6. The number of hydrogen-bond acceptors (Lipinski definition) is 4. The molecule has 1 atom stereocenters. The molecule has 2 aromatic rings. The zero-order valence-electron chi connectivity index (χ0n) is 12.6. The summed E-state index contributed by atoms with van der Waals surface area (Å²) in [6.07, 6.45) is 2.99. The maximum atomic E-state index is 5.78. The quantitative estimate of drug-likeness (QED) is 0.842. The van der Waals surface area contributed by atoms with Crippen molar-refractivity contribution in [3.8, 4) is 5.75 Å². The van der Waals surface area contributed by atoms with Crippen LogP contribution in [0.5, 0.6) is 5.75 Å². The molecule has 0 saturated heterocycles. The van der Waals surface area contributed by atoms with Gasteiger partial charge in [-0.05, 0) is 43.4 Å². The molecule has 0 radical (unpaired) electrons. The fourth-order valence-corrected chi connectivity index (χ4v) is 2.52. The molecular formula is C16H24N2O2. The van der Waals surface area contributed by atoms with Gasteiger partial charge in [0.25, 0.3) is 0 Å². The summed E-state index contributed by atoms with van der Waals surface area (Å²) in [7, 11) is 1.65. The summed E-state index contributed by atoms with van der Waals surface area (Å²) in [6, 6.07) is 5.70. The Labute approximate surface area is 120 Å². The standard InChI is InChI=1S/C16H24N2O2/c1-11(2)12(8-9-17)4-7-16-18-14-10-13(19-3)5-6-15(14)20-16/h5-6,10-12H,4,7-9,17H2,1-3H3. The summed E-state index contributed by atoms with van der Waals surface area (Å²) in [5.41, 5.74) is 7.36. The van der Waals surface area contributed by atoms with Gasteiger partial charge in [-0.2, -0.15) is 0 Å². The largest absolute Gasteiger partial charge is 0.497 e. The van der Waals surface area contributed by atoms with Gasteiger partial charge in [-0.25, -0.2) is 4.98 Å². The van der Waals surface area contributed by atoms with E-state index in [1.165, 1.54) is 0 Å². The van der Waals surface area contributed by atoms with Crippen LogP contribution in [0.15, 0.2) is 22.6 Å². The maximum Gasteiger partial charge on any atom is 0.195 e. The second-order valence-corrected chi connectivity index (χ2v) is 5.56. The molecule has 2 rings (SSSR count). The first kappa shape index (κ1) is 14.9. The number of benzene rings is 1. The minimum atomic E-state index is 0.629. The van der Waals surface area contributed by atoms with Gasteiger partial charge in [-0.3, -0.25) is 0 Å². The summed E-state index contributed by atoms with van der Waals surface area (Å²) < 4.78 is 11.0. The molecule has 0 spiro atoms. The van der Waals surface area contributed by atoms with Gasteiger partial charge in [0.1, 0.15) is 11.3 Å². The Kier molecular flexibility index (Phi) is 5.01. The van der Waals surface area contributed by atoms with E-state index in [1.54, 1.807) is 7.11 Å². The summed E-state index contributed by atoms with van der Waals surface area (Å²) in [6.45, 7) is 5.24. The van der Waals surface area contributed by atoms with Gasteiger partial charge in [-0.1, -0.05) is 13.8 Å². The Morgan fingerprint density at radius 2 is 2.10 bits per heavy atom. The third-order valence-corrected chi connectivity index (χ3v) is 3.85. The Morgan fingerprint density at radius 1 is 1.30 bits per heavy atom. The number of ether oxygens (including phenoxy) is 1. The minimum Gasteiger partial charge on any atom is -0.497 e. The van der Waals surface area contributed by atoms with Gasteiger partial charge in [-0.15, -0.1) is 0 Å². The van der Waals surface area contributed by atoms with Crippen LogP contribution in [0.1, 0.15) is 32.6 Å². The van der Waals surface area contributed by atoms with Crippen LogP contribution in [0.25, 0.3) is 11.1 Å². The van der Waals surface area contributed by atoms with Crippen LogP contribution in [0.2, 0.25) is 0 Å². The van der Waals surface area contributed by atoms with E-state index in [9.17, 15) is 0 Å². The van der Waals surface area contributed by atoms with Crippen molar-refractivity contribution in [2.45, 2.75) is 33.1 Å². The van der Waals surface area contributed by atoms with Crippen LogP contribution in [0.4, 0.5) is 0 Å². The molecule has 0 saturated carbocycles. The van der Waals surface area contributed by atoms with Crippen molar-refractivity contribution in [3.05, 3.63) is 24.1 Å². The topological polar surface area (TPSA) is 61.3 Å². The normalized spacial score (nSPS) is 13.1. The lowest BCUT2D eigenvalue weighted by atomic mass is 9.88. The lowest BCUT2D eigenvalue weighted by Crippen LogP contribution is -2.15. The van der Waals surface area contributed by atoms with E-state index < -0.39 is 0 Å². The van der Waals surface area contributed by atoms with Crippen LogP contribution in [-0.4, -0.2) is 18.6 Å². The summed E-state index contributed by atoms with van der Waals surface area (Å²) >= 11 is 0. The molecule has 2 N–H and O–H groups in total. The van der Waals surface area contributed by atoms with E-state index >= 15 is 0 Å². The highest BCUT2D eigenvalue weighted by Crippen LogP contribution is 2.24. The number of methoxy groups -OCH3 is 1. The molecule has 0 aliphatic rings. The molecule has 1 heterocycles. The van der Waals surface area contributed by atoms with Gasteiger partial charge in [0.15, 0.2) is 11.5 Å². The van der Waals surface area contributed by atoms with Crippen LogP contribution in [0, 0.1) is 11.8 Å². The number of nitrogens with two attached hydrogens (primary N) is 1. The maximum absolute atomic E-state index is 5.78. The second-order valence-electron chi connectivity index (χ2n) is 5.56. The number of fused-ring (bicyclic) bond motifs is 1. The predicted molar refractivity (Wildman–Crippen MR) is 80.9 cm³/mol. The smallest absolute Gasteiger partial charge is 0.195 e. The van der Waals surface area contributed by atoms with Gasteiger partial charge in [0.05, 0.1) is 7.11 Å². The van der Waals surface area contributed by atoms with Crippen LogP contribution in [-0.2, 0) is 6.42 Å². The molecule has 0 aliphatic heterocycles. The van der Waals surface area contributed by atoms with Crippen LogP contribution < -0.4 is 10.5 Å². The number of rotatable bonds is 7. The molecule has 4 nitrogen and oxygen atoms in total. The predicted octanol–water partition coefficient (Wildman–Crippen LogP) is 3.39. The second kappa shape index (κ2) is 6.75. The number of aryl methyl sites for hydroxylation is 1. The molecule has 4 heteroatoms. The van der Waals surface area contributed by atoms with E-state index in [0.717, 1.165) is 48.5 Å². The van der Waals surface area contributed by atoms with Gasteiger partial charge in [0, 0.05) is 12.5 Å². The van der Waals surface area contributed by atoms with Crippen molar-refractivity contribution in [3.63, 3.8) is 0 Å². The highest BCUT2D eigenvalue weighted by molar-refractivity contribution is 5.74. The first-order valence-corrected chi connectivity index (χ1v) is 7.27. The molecule has 0 aliphatic carbocycles. The van der Waals surface area contributed by atoms with E-state index in [-0.39, 0.29) is 0 Å². The summed E-state index contributed by atoms with van der Waals surface area (Å²) in [5, 5.41) is 0. The van der Waals surface area contributed by atoms with E-state index in [0.29, 0.717) is 11.8 Å². The number of oxazole rings is 1. The van der Waals surface area contributed by atoms with Crippen molar-refractivity contribution >= 4 is 11.1 Å². The van der Waals surface area contributed by atoms with Crippen LogP contribution >= 0.6 is 0 Å². The van der Waals surface area contributed by atoms with Crippen molar-refractivity contribution in [1.29, 1.82) is 0 Å². The van der Waals surface area contributed by atoms with Crippen molar-refractivity contribution < 1.29 is 9.15 Å². The lowest BCUT2D eigenvalue weighted by Gasteiger charge is -2.18. The minimum absolute atomic E-state index is 0.629. The molecule has 1 aromatic carbocycles. The Morgan fingerprint density at radius 3 is 2.75 bits per heavy atom. The van der Waals surface area contributed by atoms with Gasteiger partial charge in [0.2, 0.25) is 0 Å². The third-order valence-electron chi connectivity index (χ3n) is 3.85. The Bertz CT molecular complexity index is 548. The average molecular weight is 276 g/mol. The van der Waals surface area contributed by atoms with Gasteiger partial charge >= 0.3 is 0 Å². The first-order chi connectivity index (χ1) is 9.63. The number of hydrogen-bond donors (Lipinski definition) is 1. The molecule has 0 bridgehead atoms. The SMILES string of the molecule is COc1ccc2oc(CCC(CCN)C(C)C)nc2c1. The molecule has 0 amide bonds. The Hall–Kier alpha value is -1.55. The zero-order chi connectivity index (χ0) is 14.5. The Balaban J connectivity index is 2.06. The fraction of sp³-hybridized carbons (Fsp3) is 0.562. The number of nitrogens with zero attached hydrogens (tertiary/aromatic N) is 1. The van der Waals surface area contributed by atoms with Gasteiger partial charge < -0.3 is 14.9 Å². The van der Waals surface area contributed by atoms with E-state index in [1.807, 2.05) is 18.2 Å². The van der Waals surface area contributed by atoms with E-state index in [4.69, 9.17) is 14.9 Å². The first-order valence-electron chi connectivity index (χ1n) is 7.27. The summed E-state index contributed by atoms with van der Waals surface area (Å²) in [5.74, 6) is 2.88. The third kappa shape index (κ3) is 3.51. The van der Waals surface area contributed by atoms with Crippen molar-refractivity contribution in [2.75, 3.05) is 13.7 Å². The fourth-order valence-electron chi connectivity index (χ4n) is 2.52. The molecule has 0 fully saturated rings. The number of aromatic nitrogens is 1. The summed E-state index contributed by atoms with van der Waals surface area (Å²) in [4.78, 5) is 4.53. The van der Waals surface area contributed by atoms with Crippen LogP contribution in [0.3, 0.4) is 0 Å². The van der Waals surface area contributed by atoms with E-state index in [2.05, 4.69) is 18.8 Å². The molecule has 1 aromatic heterocycles. The highest BCUT2D eigenvalue weighted by Gasteiger charge is 2.14. The molecule has 110 valence electrons.